The Kier molecular flexibility index (Phi) is 12.0. The highest BCUT2D eigenvalue weighted by atomic mass is 16.5. The molecule has 3 aliphatic heterocycles. The van der Waals surface area contributed by atoms with Crippen molar-refractivity contribution in [3.63, 3.8) is 0 Å². The van der Waals surface area contributed by atoms with Gasteiger partial charge in [-0.3, -0.25) is 9.69 Å². The Labute approximate surface area is 372 Å². The standard InChI is InChI=1S/C49H56N8O7/c1-27(2)43(55-49(60)63-6)47(58)57-28(3)12-17-40(57)46-51-37-16-14-31-20-36-34-15-13-32(19-33(34)26-64-42(36)21-35(31)44(37)54-46)38-22-50-45(52-38)41-18-29(25-61-4)23-56(41)24-39(53-48(59)62-5)30-10-8-7-9-11-30/h7-11,13-16,19-22,27-29,39-41,43H,12,17-18,23-26H2,1-6H3,(H,50,52)(H,51,54)(H,53,59)(H,55,60)/t28-,29-,39+,40-,41-,43-/m0/s1. The van der Waals surface area contributed by atoms with Gasteiger partial charge in [0.1, 0.15) is 30.0 Å². The van der Waals surface area contributed by atoms with Gasteiger partial charge in [-0.25, -0.2) is 19.6 Å². The number of imidazole rings is 2. The van der Waals surface area contributed by atoms with Gasteiger partial charge in [-0.1, -0.05) is 62.4 Å². The zero-order valence-electron chi connectivity index (χ0n) is 37.1. The molecule has 0 bridgehead atoms. The quantitative estimate of drug-likeness (QED) is 0.0938. The fourth-order valence-electron chi connectivity index (χ4n) is 9.96. The molecular formula is C49H56N8O7. The summed E-state index contributed by atoms with van der Waals surface area (Å²) in [5.41, 5.74) is 7.83. The molecule has 2 aromatic heterocycles. The highest BCUT2D eigenvalue weighted by molar-refractivity contribution is 6.07. The molecule has 4 N–H and O–H groups in total. The third-order valence-corrected chi connectivity index (χ3v) is 13.2. The van der Waals surface area contributed by atoms with E-state index < -0.39 is 18.2 Å². The number of carbonyl (C=O) groups is 3. The van der Waals surface area contributed by atoms with Gasteiger partial charge in [0.15, 0.2) is 0 Å². The van der Waals surface area contributed by atoms with Gasteiger partial charge in [0.25, 0.3) is 0 Å². The van der Waals surface area contributed by atoms with Crippen LogP contribution in [0.5, 0.6) is 5.75 Å². The molecule has 4 aromatic carbocycles. The minimum atomic E-state index is -0.722. The summed E-state index contributed by atoms with van der Waals surface area (Å²) < 4.78 is 21.9. The monoisotopic (exact) mass is 868 g/mol. The van der Waals surface area contributed by atoms with E-state index in [-0.39, 0.29) is 36.0 Å². The number of fused-ring (bicyclic) bond motifs is 6. The fraction of sp³-hybridized carbons (Fsp3) is 0.408. The maximum Gasteiger partial charge on any atom is 0.407 e. The second-order valence-electron chi connectivity index (χ2n) is 17.7. The summed E-state index contributed by atoms with van der Waals surface area (Å²) in [6, 6.07) is 23.5. The smallest absolute Gasteiger partial charge is 0.407 e. The minimum Gasteiger partial charge on any atom is -0.488 e. The van der Waals surface area contributed by atoms with E-state index in [2.05, 4.69) is 61.9 Å². The zero-order chi connectivity index (χ0) is 44.6. The van der Waals surface area contributed by atoms with Crippen molar-refractivity contribution in [3.8, 4) is 28.1 Å². The van der Waals surface area contributed by atoms with E-state index in [1.165, 1.54) is 14.2 Å². The van der Waals surface area contributed by atoms with Crippen molar-refractivity contribution < 1.29 is 33.3 Å². The number of amides is 3. The molecule has 15 nitrogen and oxygen atoms in total. The molecule has 2 saturated heterocycles. The van der Waals surface area contributed by atoms with E-state index >= 15 is 0 Å². The lowest BCUT2D eigenvalue weighted by molar-refractivity contribution is -0.137. The van der Waals surface area contributed by atoms with Gasteiger partial charge in [-0.2, -0.15) is 0 Å². The second-order valence-corrected chi connectivity index (χ2v) is 17.7. The van der Waals surface area contributed by atoms with Crippen LogP contribution >= 0.6 is 0 Å². The van der Waals surface area contributed by atoms with Crippen molar-refractivity contribution in [1.82, 2.24) is 40.4 Å². The van der Waals surface area contributed by atoms with Crippen LogP contribution in [0.2, 0.25) is 0 Å². The third-order valence-electron chi connectivity index (χ3n) is 13.2. The molecule has 0 unspecified atom stereocenters. The Morgan fingerprint density at radius 2 is 1.69 bits per heavy atom. The predicted octanol–water partition coefficient (Wildman–Crippen LogP) is 8.20. The van der Waals surface area contributed by atoms with Crippen LogP contribution in [0.1, 0.15) is 80.9 Å². The summed E-state index contributed by atoms with van der Waals surface area (Å²) in [6.07, 6.45) is 3.24. The van der Waals surface area contributed by atoms with Crippen molar-refractivity contribution in [2.45, 2.75) is 76.8 Å². The second kappa shape index (κ2) is 18.0. The van der Waals surface area contributed by atoms with Gasteiger partial charge in [0.2, 0.25) is 5.91 Å². The number of aromatic nitrogens is 4. The number of hydrogen-bond donors (Lipinski definition) is 4. The normalized spacial score (nSPS) is 20.5. The van der Waals surface area contributed by atoms with Crippen LogP contribution < -0.4 is 15.4 Å². The summed E-state index contributed by atoms with van der Waals surface area (Å²) in [5.74, 6) is 2.41. The molecule has 64 heavy (non-hydrogen) atoms. The van der Waals surface area contributed by atoms with E-state index in [1.54, 1.807) is 7.11 Å². The lowest BCUT2D eigenvalue weighted by Crippen LogP contribution is -2.52. The van der Waals surface area contributed by atoms with Crippen LogP contribution in [-0.2, 0) is 25.6 Å². The molecule has 334 valence electrons. The first kappa shape index (κ1) is 42.8. The number of alkyl carbamates (subject to hydrolysis) is 2. The third kappa shape index (κ3) is 8.25. The number of aromatic amines is 2. The van der Waals surface area contributed by atoms with Gasteiger partial charge in [0, 0.05) is 37.2 Å². The van der Waals surface area contributed by atoms with Crippen molar-refractivity contribution >= 4 is 39.9 Å². The summed E-state index contributed by atoms with van der Waals surface area (Å²) in [5, 5.41) is 7.78. The fourth-order valence-corrected chi connectivity index (χ4v) is 9.96. The molecule has 6 aromatic rings. The first-order valence-corrected chi connectivity index (χ1v) is 22.1. The molecule has 15 heteroatoms. The average molecular weight is 869 g/mol. The summed E-state index contributed by atoms with van der Waals surface area (Å²) in [7, 11) is 4.41. The summed E-state index contributed by atoms with van der Waals surface area (Å²) in [4.78, 5) is 60.1. The van der Waals surface area contributed by atoms with Crippen molar-refractivity contribution in [2.75, 3.05) is 41.0 Å². The Bertz CT molecular complexity index is 2680. The first-order chi connectivity index (χ1) is 31.0. The van der Waals surface area contributed by atoms with Crippen molar-refractivity contribution in [3.05, 3.63) is 102 Å². The van der Waals surface area contributed by atoms with Crippen LogP contribution in [0.3, 0.4) is 0 Å². The van der Waals surface area contributed by atoms with Gasteiger partial charge in [0.05, 0.1) is 61.9 Å². The van der Waals surface area contributed by atoms with Crippen LogP contribution in [0.4, 0.5) is 9.59 Å². The number of H-pyrrole nitrogens is 2. The maximum atomic E-state index is 14.0. The van der Waals surface area contributed by atoms with E-state index in [1.807, 2.05) is 68.3 Å². The average Bonchev–Trinajstić information content (AvgIpc) is 4.13. The van der Waals surface area contributed by atoms with Gasteiger partial charge in [-0.05, 0) is 89.9 Å². The Hall–Kier alpha value is -6.45. The number of nitrogens with zero attached hydrogens (tertiary/aromatic N) is 4. The molecule has 9 rings (SSSR count). The number of rotatable bonds is 12. The lowest BCUT2D eigenvalue weighted by atomic mass is 9.92. The molecule has 6 atom stereocenters. The highest BCUT2D eigenvalue weighted by Gasteiger charge is 2.42. The van der Waals surface area contributed by atoms with Crippen LogP contribution in [-0.4, -0.2) is 101 Å². The number of hydrogen-bond acceptors (Lipinski definition) is 10. The number of methoxy groups -OCH3 is 3. The van der Waals surface area contributed by atoms with E-state index in [9.17, 15) is 14.4 Å². The highest BCUT2D eigenvalue weighted by Crippen LogP contribution is 2.44. The zero-order valence-corrected chi connectivity index (χ0v) is 37.1. The number of carbonyl (C=O) groups excluding carboxylic acids is 3. The SMILES string of the molecule is COC[C@H]1C[C@@H](c2ncc(-c3ccc4c(c3)COc3cc5c(ccc6[nH]c([C@@H]7CC[C@H](C)N7C(=O)[C@@H](NC(=O)OC)C(C)C)nc65)cc3-4)[nH]2)N(C[C@@H](NC(=O)OC)c2ccccc2)C1. The Balaban J connectivity index is 0.964. The molecule has 3 amide bonds. The first-order valence-electron chi connectivity index (χ1n) is 22.1. The van der Waals surface area contributed by atoms with Crippen molar-refractivity contribution in [2.24, 2.45) is 11.8 Å². The molecule has 0 radical (unpaired) electrons. The van der Waals surface area contributed by atoms with Crippen LogP contribution in [0, 0.1) is 11.8 Å². The Morgan fingerprint density at radius 3 is 2.45 bits per heavy atom. The number of likely N-dealkylation sites (tertiary alicyclic amines) is 2. The van der Waals surface area contributed by atoms with Gasteiger partial charge < -0.3 is 44.4 Å². The molecule has 5 heterocycles. The largest absolute Gasteiger partial charge is 0.488 e. The van der Waals surface area contributed by atoms with Gasteiger partial charge >= 0.3 is 12.2 Å². The molecule has 2 fully saturated rings. The predicted molar refractivity (Wildman–Crippen MR) is 242 cm³/mol. The molecule has 0 spiro atoms. The summed E-state index contributed by atoms with van der Waals surface area (Å²) in [6.45, 7) is 8.29. The molecule has 3 aliphatic rings. The van der Waals surface area contributed by atoms with E-state index in [4.69, 9.17) is 28.9 Å². The molecule has 0 aliphatic carbocycles. The van der Waals surface area contributed by atoms with Crippen molar-refractivity contribution in [1.29, 1.82) is 0 Å². The minimum absolute atomic E-state index is 0.00605. The molecule has 0 saturated carbocycles. The van der Waals surface area contributed by atoms with Crippen LogP contribution in [0.15, 0.2) is 79.0 Å². The number of nitrogens with one attached hydrogen (secondary N) is 4. The number of ether oxygens (including phenoxy) is 4. The van der Waals surface area contributed by atoms with E-state index in [0.717, 1.165) is 98.5 Å². The summed E-state index contributed by atoms with van der Waals surface area (Å²) >= 11 is 0. The topological polar surface area (TPSA) is 176 Å². The number of benzene rings is 4. The Morgan fingerprint density at radius 1 is 0.891 bits per heavy atom. The van der Waals surface area contributed by atoms with E-state index in [0.29, 0.717) is 25.7 Å². The maximum absolute atomic E-state index is 14.0. The van der Waals surface area contributed by atoms with Gasteiger partial charge in [-0.15, -0.1) is 0 Å². The van der Waals surface area contributed by atoms with Crippen LogP contribution in [0.25, 0.3) is 44.2 Å². The molecular weight excluding hydrogens is 813 g/mol. The lowest BCUT2D eigenvalue weighted by Gasteiger charge is -2.32.